The molecule has 3 rings (SSSR count). The standard InChI is InChI=1S/C16H14N2O2/c1-20-15-5-3-2-4-13(15)8-14-10-18-9-12(11-19)6-7-16(18)17-14/h2-7,9-11H,8H2,1H3. The van der Waals surface area contributed by atoms with E-state index in [2.05, 4.69) is 4.98 Å². The number of methoxy groups -OCH3 is 1. The van der Waals surface area contributed by atoms with Crippen molar-refractivity contribution in [1.29, 1.82) is 0 Å². The Bertz CT molecular complexity index is 762. The molecule has 0 amide bonds. The van der Waals surface area contributed by atoms with E-state index in [1.54, 1.807) is 19.4 Å². The lowest BCUT2D eigenvalue weighted by Crippen LogP contribution is -1.93. The molecule has 0 saturated carbocycles. The SMILES string of the molecule is COc1ccccc1Cc1cn2cc(C=O)ccc2n1. The lowest BCUT2D eigenvalue weighted by Gasteiger charge is -2.05. The Kier molecular flexibility index (Phi) is 3.21. The first-order valence-electron chi connectivity index (χ1n) is 6.35. The van der Waals surface area contributed by atoms with Crippen molar-refractivity contribution in [2.45, 2.75) is 6.42 Å². The zero-order chi connectivity index (χ0) is 13.9. The number of hydrogen-bond acceptors (Lipinski definition) is 3. The summed E-state index contributed by atoms with van der Waals surface area (Å²) < 4.78 is 7.22. The summed E-state index contributed by atoms with van der Waals surface area (Å²) in [5, 5.41) is 0. The fourth-order valence-electron chi connectivity index (χ4n) is 2.26. The van der Waals surface area contributed by atoms with Gasteiger partial charge in [-0.1, -0.05) is 18.2 Å². The molecule has 3 aromatic rings. The predicted molar refractivity (Wildman–Crippen MR) is 76.4 cm³/mol. The minimum absolute atomic E-state index is 0.638. The van der Waals surface area contributed by atoms with Crippen LogP contribution in [0.4, 0.5) is 0 Å². The van der Waals surface area contributed by atoms with Crippen molar-refractivity contribution in [1.82, 2.24) is 9.38 Å². The number of benzene rings is 1. The zero-order valence-corrected chi connectivity index (χ0v) is 11.1. The number of pyridine rings is 1. The number of carbonyl (C=O) groups excluding carboxylic acids is 1. The van der Waals surface area contributed by atoms with Crippen molar-refractivity contribution in [3.8, 4) is 5.75 Å². The van der Waals surface area contributed by atoms with Crippen LogP contribution in [-0.2, 0) is 6.42 Å². The molecule has 4 nitrogen and oxygen atoms in total. The van der Waals surface area contributed by atoms with Gasteiger partial charge in [-0.05, 0) is 18.2 Å². The first-order chi connectivity index (χ1) is 9.80. The average molecular weight is 266 g/mol. The van der Waals surface area contributed by atoms with Crippen molar-refractivity contribution in [2.24, 2.45) is 0 Å². The van der Waals surface area contributed by atoms with E-state index in [-0.39, 0.29) is 0 Å². The number of nitrogens with zero attached hydrogens (tertiary/aromatic N) is 2. The van der Waals surface area contributed by atoms with Gasteiger partial charge in [0.1, 0.15) is 11.4 Å². The first-order valence-corrected chi connectivity index (χ1v) is 6.35. The highest BCUT2D eigenvalue weighted by molar-refractivity contribution is 5.74. The number of imidazole rings is 1. The monoisotopic (exact) mass is 266 g/mol. The molecule has 0 spiro atoms. The normalized spacial score (nSPS) is 10.7. The van der Waals surface area contributed by atoms with Gasteiger partial charge in [-0.3, -0.25) is 4.79 Å². The van der Waals surface area contributed by atoms with Crippen LogP contribution < -0.4 is 4.74 Å². The van der Waals surface area contributed by atoms with Gasteiger partial charge in [0.15, 0.2) is 6.29 Å². The first kappa shape index (κ1) is 12.4. The molecular weight excluding hydrogens is 252 g/mol. The summed E-state index contributed by atoms with van der Waals surface area (Å²) in [6.07, 6.45) is 5.25. The highest BCUT2D eigenvalue weighted by Gasteiger charge is 2.07. The van der Waals surface area contributed by atoms with Gasteiger partial charge in [0, 0.05) is 29.9 Å². The predicted octanol–water partition coefficient (Wildman–Crippen LogP) is 2.75. The molecule has 0 radical (unpaired) electrons. The Morgan fingerprint density at radius 3 is 2.85 bits per heavy atom. The van der Waals surface area contributed by atoms with E-state index in [0.29, 0.717) is 12.0 Å². The molecule has 0 aliphatic rings. The Morgan fingerprint density at radius 2 is 2.05 bits per heavy atom. The highest BCUT2D eigenvalue weighted by Crippen LogP contribution is 2.20. The number of para-hydroxylation sites is 1. The van der Waals surface area contributed by atoms with Gasteiger partial charge in [0.25, 0.3) is 0 Å². The van der Waals surface area contributed by atoms with E-state index < -0.39 is 0 Å². The quantitative estimate of drug-likeness (QED) is 0.682. The second-order valence-electron chi connectivity index (χ2n) is 4.57. The summed E-state index contributed by atoms with van der Waals surface area (Å²) in [7, 11) is 1.67. The fraction of sp³-hybridized carbons (Fsp3) is 0.125. The number of hydrogen-bond donors (Lipinski definition) is 0. The van der Waals surface area contributed by atoms with E-state index in [4.69, 9.17) is 4.74 Å². The zero-order valence-electron chi connectivity index (χ0n) is 11.1. The largest absolute Gasteiger partial charge is 0.496 e. The lowest BCUT2D eigenvalue weighted by atomic mass is 10.1. The molecule has 0 bridgehead atoms. The molecule has 1 aromatic carbocycles. The van der Waals surface area contributed by atoms with Gasteiger partial charge in [0.2, 0.25) is 0 Å². The highest BCUT2D eigenvalue weighted by atomic mass is 16.5. The Hall–Kier alpha value is -2.62. The minimum atomic E-state index is 0.638. The van der Waals surface area contributed by atoms with E-state index in [1.807, 2.05) is 40.9 Å². The third kappa shape index (κ3) is 2.28. The van der Waals surface area contributed by atoms with E-state index in [1.165, 1.54) is 0 Å². The van der Waals surface area contributed by atoms with Crippen molar-refractivity contribution in [2.75, 3.05) is 7.11 Å². The summed E-state index contributed by atoms with van der Waals surface area (Å²) in [5.74, 6) is 0.859. The Labute approximate surface area is 116 Å². The molecule has 0 N–H and O–H groups in total. The summed E-state index contributed by atoms with van der Waals surface area (Å²) >= 11 is 0. The van der Waals surface area contributed by atoms with Gasteiger partial charge < -0.3 is 9.14 Å². The van der Waals surface area contributed by atoms with E-state index in [0.717, 1.165) is 28.9 Å². The third-order valence-corrected chi connectivity index (χ3v) is 3.22. The lowest BCUT2D eigenvalue weighted by molar-refractivity contribution is 0.112. The average Bonchev–Trinajstić information content (AvgIpc) is 2.89. The smallest absolute Gasteiger partial charge is 0.151 e. The molecule has 20 heavy (non-hydrogen) atoms. The molecular formula is C16H14N2O2. The minimum Gasteiger partial charge on any atom is -0.496 e. The van der Waals surface area contributed by atoms with Crippen LogP contribution in [0.2, 0.25) is 0 Å². The second kappa shape index (κ2) is 5.17. The molecule has 2 aromatic heterocycles. The fourth-order valence-corrected chi connectivity index (χ4v) is 2.26. The number of carbonyl (C=O) groups is 1. The Balaban J connectivity index is 1.96. The van der Waals surface area contributed by atoms with Crippen LogP contribution in [0.5, 0.6) is 5.75 Å². The third-order valence-electron chi connectivity index (χ3n) is 3.22. The molecule has 0 aliphatic heterocycles. The van der Waals surface area contributed by atoms with Gasteiger partial charge in [-0.2, -0.15) is 0 Å². The van der Waals surface area contributed by atoms with Crippen LogP contribution in [0, 0.1) is 0 Å². The number of rotatable bonds is 4. The van der Waals surface area contributed by atoms with Gasteiger partial charge in [0.05, 0.1) is 12.8 Å². The van der Waals surface area contributed by atoms with Crippen LogP contribution in [0.25, 0.3) is 5.65 Å². The van der Waals surface area contributed by atoms with Crippen LogP contribution in [0.1, 0.15) is 21.6 Å². The topological polar surface area (TPSA) is 43.6 Å². The number of aromatic nitrogens is 2. The number of aldehydes is 1. The van der Waals surface area contributed by atoms with Crippen LogP contribution in [0.15, 0.2) is 48.8 Å². The van der Waals surface area contributed by atoms with E-state index >= 15 is 0 Å². The number of fused-ring (bicyclic) bond motifs is 1. The van der Waals surface area contributed by atoms with Crippen LogP contribution in [0.3, 0.4) is 0 Å². The Morgan fingerprint density at radius 1 is 1.20 bits per heavy atom. The molecule has 2 heterocycles. The maximum atomic E-state index is 10.8. The van der Waals surface area contributed by atoms with Gasteiger partial charge in [-0.25, -0.2) is 4.98 Å². The van der Waals surface area contributed by atoms with Gasteiger partial charge >= 0.3 is 0 Å². The van der Waals surface area contributed by atoms with Crippen LogP contribution >= 0.6 is 0 Å². The molecule has 0 atom stereocenters. The second-order valence-corrected chi connectivity index (χ2v) is 4.57. The van der Waals surface area contributed by atoms with Crippen molar-refractivity contribution < 1.29 is 9.53 Å². The van der Waals surface area contributed by atoms with Crippen molar-refractivity contribution >= 4 is 11.9 Å². The van der Waals surface area contributed by atoms with Crippen LogP contribution in [-0.4, -0.2) is 22.8 Å². The van der Waals surface area contributed by atoms with Crippen molar-refractivity contribution in [3.05, 3.63) is 65.6 Å². The summed E-state index contributed by atoms with van der Waals surface area (Å²) in [6.45, 7) is 0. The molecule has 0 aliphatic carbocycles. The molecule has 0 fully saturated rings. The maximum absolute atomic E-state index is 10.8. The molecule has 0 unspecified atom stereocenters. The van der Waals surface area contributed by atoms with Crippen molar-refractivity contribution in [3.63, 3.8) is 0 Å². The molecule has 4 heteroatoms. The summed E-state index contributed by atoms with van der Waals surface area (Å²) in [4.78, 5) is 15.3. The molecule has 100 valence electrons. The van der Waals surface area contributed by atoms with Gasteiger partial charge in [-0.15, -0.1) is 0 Å². The number of ether oxygens (including phenoxy) is 1. The molecule has 0 saturated heterocycles. The maximum Gasteiger partial charge on any atom is 0.151 e. The summed E-state index contributed by atoms with van der Waals surface area (Å²) in [5.41, 5.74) is 3.51. The summed E-state index contributed by atoms with van der Waals surface area (Å²) in [6, 6.07) is 11.5. The van der Waals surface area contributed by atoms with E-state index in [9.17, 15) is 4.79 Å².